The Morgan fingerprint density at radius 2 is 1.72 bits per heavy atom. The van der Waals surface area contributed by atoms with Crippen LogP contribution in [0.5, 0.6) is 0 Å². The van der Waals surface area contributed by atoms with E-state index in [1.165, 1.54) is 19.3 Å². The summed E-state index contributed by atoms with van der Waals surface area (Å²) in [4.78, 5) is 2.67. The van der Waals surface area contributed by atoms with Crippen molar-refractivity contribution in [2.24, 2.45) is 0 Å². The fourth-order valence-electron chi connectivity index (χ4n) is 3.32. The molecule has 18 heavy (non-hydrogen) atoms. The first-order valence-electron chi connectivity index (χ1n) is 7.42. The van der Waals surface area contributed by atoms with Crippen LogP contribution < -0.4 is 5.32 Å². The van der Waals surface area contributed by atoms with Gasteiger partial charge in [-0.05, 0) is 66.8 Å². The third-order valence-corrected chi connectivity index (χ3v) is 4.21. The molecule has 0 bridgehead atoms. The van der Waals surface area contributed by atoms with Gasteiger partial charge in [-0.3, -0.25) is 4.90 Å². The molecule has 1 atom stereocenters. The SMILES string of the molecule is CC(O)CNCCCN1C(C)(C)CCCC1(C)C. The van der Waals surface area contributed by atoms with Gasteiger partial charge in [-0.2, -0.15) is 0 Å². The monoisotopic (exact) mass is 256 g/mol. The lowest BCUT2D eigenvalue weighted by atomic mass is 9.79. The normalized spacial score (nSPS) is 25.0. The molecule has 1 aliphatic heterocycles. The highest BCUT2D eigenvalue weighted by atomic mass is 16.3. The van der Waals surface area contributed by atoms with E-state index in [0.29, 0.717) is 17.6 Å². The molecular weight excluding hydrogens is 224 g/mol. The summed E-state index contributed by atoms with van der Waals surface area (Å²) in [5, 5.41) is 12.5. The first-order chi connectivity index (χ1) is 8.26. The summed E-state index contributed by atoms with van der Waals surface area (Å²) in [5.74, 6) is 0. The van der Waals surface area contributed by atoms with Gasteiger partial charge in [-0.1, -0.05) is 0 Å². The minimum absolute atomic E-state index is 0.243. The lowest BCUT2D eigenvalue weighted by Gasteiger charge is -2.53. The Morgan fingerprint density at radius 3 is 2.22 bits per heavy atom. The maximum absolute atomic E-state index is 9.19. The lowest BCUT2D eigenvalue weighted by Crippen LogP contribution is -2.58. The summed E-state index contributed by atoms with van der Waals surface area (Å²) < 4.78 is 0. The van der Waals surface area contributed by atoms with Crippen molar-refractivity contribution in [2.45, 2.75) is 77.5 Å². The fourth-order valence-corrected chi connectivity index (χ4v) is 3.32. The van der Waals surface area contributed by atoms with E-state index in [1.807, 2.05) is 6.92 Å². The van der Waals surface area contributed by atoms with E-state index in [4.69, 9.17) is 0 Å². The number of aliphatic hydroxyl groups excluding tert-OH is 1. The standard InChI is InChI=1S/C15H32N2O/c1-13(18)12-16-10-7-11-17-14(2,3)8-6-9-15(17,4)5/h13,16,18H,6-12H2,1-5H3. The van der Waals surface area contributed by atoms with E-state index < -0.39 is 0 Å². The smallest absolute Gasteiger partial charge is 0.0636 e. The van der Waals surface area contributed by atoms with Crippen molar-refractivity contribution in [3.05, 3.63) is 0 Å². The Labute approximate surface area is 113 Å². The van der Waals surface area contributed by atoms with Crippen LogP contribution in [-0.4, -0.2) is 46.8 Å². The molecule has 0 saturated carbocycles. The Bertz CT molecular complexity index is 233. The van der Waals surface area contributed by atoms with Gasteiger partial charge in [0, 0.05) is 24.2 Å². The summed E-state index contributed by atoms with van der Waals surface area (Å²) in [6.45, 7) is 14.2. The molecule has 2 N–H and O–H groups in total. The van der Waals surface area contributed by atoms with Crippen LogP contribution in [-0.2, 0) is 0 Å². The first kappa shape index (κ1) is 15.9. The van der Waals surface area contributed by atoms with Crippen LogP contribution in [0.1, 0.15) is 60.3 Å². The molecule has 1 aliphatic rings. The number of hydrogen-bond donors (Lipinski definition) is 2. The highest BCUT2D eigenvalue weighted by molar-refractivity contribution is 4.96. The van der Waals surface area contributed by atoms with E-state index in [-0.39, 0.29) is 6.10 Å². The summed E-state index contributed by atoms with van der Waals surface area (Å²) in [7, 11) is 0. The van der Waals surface area contributed by atoms with Gasteiger partial charge < -0.3 is 10.4 Å². The molecule has 0 aromatic carbocycles. The molecule has 0 aromatic rings. The topological polar surface area (TPSA) is 35.5 Å². The van der Waals surface area contributed by atoms with Gasteiger partial charge in [0.05, 0.1) is 6.10 Å². The minimum Gasteiger partial charge on any atom is -0.392 e. The molecule has 1 saturated heterocycles. The van der Waals surface area contributed by atoms with Crippen LogP contribution in [0.25, 0.3) is 0 Å². The Hall–Kier alpha value is -0.120. The second-order valence-electron chi connectivity index (χ2n) is 7.04. The minimum atomic E-state index is -0.243. The Kier molecular flexibility index (Phi) is 5.63. The van der Waals surface area contributed by atoms with Gasteiger partial charge in [0.2, 0.25) is 0 Å². The van der Waals surface area contributed by atoms with Crippen molar-refractivity contribution >= 4 is 0 Å². The Morgan fingerprint density at radius 1 is 1.17 bits per heavy atom. The molecule has 3 heteroatoms. The van der Waals surface area contributed by atoms with Gasteiger partial charge in [0.25, 0.3) is 0 Å². The van der Waals surface area contributed by atoms with Crippen LogP contribution in [0.15, 0.2) is 0 Å². The van der Waals surface area contributed by atoms with E-state index in [0.717, 1.165) is 19.5 Å². The van der Waals surface area contributed by atoms with Crippen molar-refractivity contribution < 1.29 is 5.11 Å². The van der Waals surface area contributed by atoms with Gasteiger partial charge in [-0.15, -0.1) is 0 Å². The van der Waals surface area contributed by atoms with E-state index in [2.05, 4.69) is 37.9 Å². The van der Waals surface area contributed by atoms with Crippen LogP contribution in [0.4, 0.5) is 0 Å². The second kappa shape index (κ2) is 6.36. The number of nitrogens with one attached hydrogen (secondary N) is 1. The van der Waals surface area contributed by atoms with Crippen molar-refractivity contribution in [3.8, 4) is 0 Å². The van der Waals surface area contributed by atoms with Gasteiger partial charge >= 0.3 is 0 Å². The molecule has 0 amide bonds. The molecule has 108 valence electrons. The summed E-state index contributed by atoms with van der Waals surface area (Å²) in [6.07, 6.45) is 4.86. The fraction of sp³-hybridized carbons (Fsp3) is 1.00. The summed E-state index contributed by atoms with van der Waals surface area (Å²) >= 11 is 0. The predicted molar refractivity (Wildman–Crippen MR) is 77.9 cm³/mol. The number of aliphatic hydroxyl groups is 1. The average molecular weight is 256 g/mol. The molecular formula is C15H32N2O. The van der Waals surface area contributed by atoms with Crippen LogP contribution in [0.2, 0.25) is 0 Å². The number of hydrogen-bond acceptors (Lipinski definition) is 3. The molecule has 0 aliphatic carbocycles. The van der Waals surface area contributed by atoms with Crippen LogP contribution in [0.3, 0.4) is 0 Å². The van der Waals surface area contributed by atoms with Crippen LogP contribution in [0, 0.1) is 0 Å². The lowest BCUT2D eigenvalue weighted by molar-refractivity contribution is -0.0271. The Balaban J connectivity index is 2.37. The molecule has 1 rings (SSSR count). The number of likely N-dealkylation sites (tertiary alicyclic amines) is 1. The van der Waals surface area contributed by atoms with Gasteiger partial charge in [0.1, 0.15) is 0 Å². The van der Waals surface area contributed by atoms with E-state index in [1.54, 1.807) is 0 Å². The maximum Gasteiger partial charge on any atom is 0.0636 e. The molecule has 1 unspecified atom stereocenters. The van der Waals surface area contributed by atoms with Crippen molar-refractivity contribution in [1.82, 2.24) is 10.2 Å². The highest BCUT2D eigenvalue weighted by Gasteiger charge is 2.40. The van der Waals surface area contributed by atoms with E-state index in [9.17, 15) is 5.11 Å². The third-order valence-electron chi connectivity index (χ3n) is 4.21. The van der Waals surface area contributed by atoms with Crippen molar-refractivity contribution in [2.75, 3.05) is 19.6 Å². The summed E-state index contributed by atoms with van der Waals surface area (Å²) in [5.41, 5.74) is 0.651. The first-order valence-corrected chi connectivity index (χ1v) is 7.42. The molecule has 3 nitrogen and oxygen atoms in total. The zero-order chi connectivity index (χ0) is 13.8. The number of nitrogens with zero attached hydrogens (tertiary/aromatic N) is 1. The maximum atomic E-state index is 9.19. The number of piperidine rings is 1. The third kappa shape index (κ3) is 4.52. The second-order valence-corrected chi connectivity index (χ2v) is 7.04. The molecule has 0 spiro atoms. The zero-order valence-corrected chi connectivity index (χ0v) is 12.9. The number of rotatable bonds is 6. The van der Waals surface area contributed by atoms with Crippen molar-refractivity contribution in [1.29, 1.82) is 0 Å². The average Bonchev–Trinajstić information content (AvgIpc) is 2.19. The molecule has 0 aromatic heterocycles. The van der Waals surface area contributed by atoms with Gasteiger partial charge in [0.15, 0.2) is 0 Å². The predicted octanol–water partition coefficient (Wildman–Crippen LogP) is 2.39. The summed E-state index contributed by atoms with van der Waals surface area (Å²) in [6, 6.07) is 0. The van der Waals surface area contributed by atoms with Crippen molar-refractivity contribution in [3.63, 3.8) is 0 Å². The molecule has 1 fully saturated rings. The molecule has 0 radical (unpaired) electrons. The zero-order valence-electron chi connectivity index (χ0n) is 12.9. The van der Waals surface area contributed by atoms with E-state index >= 15 is 0 Å². The van der Waals surface area contributed by atoms with Crippen LogP contribution >= 0.6 is 0 Å². The quantitative estimate of drug-likeness (QED) is 0.716. The van der Waals surface area contributed by atoms with Gasteiger partial charge in [-0.25, -0.2) is 0 Å². The highest BCUT2D eigenvalue weighted by Crippen LogP contribution is 2.37. The molecule has 1 heterocycles. The largest absolute Gasteiger partial charge is 0.392 e.